The lowest BCUT2D eigenvalue weighted by Gasteiger charge is -2.49. The van der Waals surface area contributed by atoms with E-state index >= 15 is 0 Å². The van der Waals surface area contributed by atoms with Crippen LogP contribution < -0.4 is 4.90 Å². The molecular formula is C53H62N2. The minimum absolute atomic E-state index is 0.234. The lowest BCUT2D eigenvalue weighted by molar-refractivity contribution is 0.0192. The maximum atomic E-state index is 2.79. The van der Waals surface area contributed by atoms with Crippen molar-refractivity contribution < 1.29 is 0 Å². The molecule has 2 saturated carbocycles. The molecule has 0 radical (unpaired) electrons. The highest BCUT2D eigenvalue weighted by Gasteiger charge is 2.44. The van der Waals surface area contributed by atoms with Gasteiger partial charge in [-0.25, -0.2) is 0 Å². The summed E-state index contributed by atoms with van der Waals surface area (Å²) in [7, 11) is 0. The number of allylic oxidation sites excluding steroid dienone is 4. The molecule has 0 N–H and O–H groups in total. The van der Waals surface area contributed by atoms with Crippen LogP contribution in [0.15, 0.2) is 134 Å². The first kappa shape index (κ1) is 36.3. The SMILES string of the molecule is CC1CC=CC(C2CCC(C3CCC(n4c5ccccc5c5ccc(N(c6ccccc6)C6C=CC(c7ccccc7)=CC6)cc54)C(C)[C@@H]3C)C(C)C2)C1C. The maximum Gasteiger partial charge on any atom is 0.0560 e. The molecule has 284 valence electrons. The first-order valence-electron chi connectivity index (χ1n) is 21.8. The second kappa shape index (κ2) is 15.3. The Morgan fingerprint density at radius 1 is 0.582 bits per heavy atom. The third-order valence-corrected chi connectivity index (χ3v) is 15.5. The van der Waals surface area contributed by atoms with Crippen molar-refractivity contribution in [1.29, 1.82) is 0 Å². The molecule has 5 aromatic rings. The van der Waals surface area contributed by atoms with Gasteiger partial charge in [-0.1, -0.05) is 138 Å². The summed E-state index contributed by atoms with van der Waals surface area (Å²) in [5, 5.41) is 2.77. The molecule has 0 bridgehead atoms. The summed E-state index contributed by atoms with van der Waals surface area (Å²) >= 11 is 0. The number of hydrogen-bond acceptors (Lipinski definition) is 1. The second-order valence-corrected chi connectivity index (χ2v) is 18.3. The molecule has 0 spiro atoms. The number of rotatable bonds is 7. The molecule has 2 nitrogen and oxygen atoms in total. The number of fused-ring (bicyclic) bond motifs is 3. The molecule has 55 heavy (non-hydrogen) atoms. The normalized spacial score (nSPS) is 32.5. The first-order chi connectivity index (χ1) is 26.9. The van der Waals surface area contributed by atoms with E-state index in [1.165, 1.54) is 82.8 Å². The third-order valence-electron chi connectivity index (χ3n) is 15.5. The van der Waals surface area contributed by atoms with E-state index in [0.717, 1.165) is 47.8 Å². The van der Waals surface area contributed by atoms with E-state index in [1.807, 2.05) is 0 Å². The zero-order chi connectivity index (χ0) is 37.6. The van der Waals surface area contributed by atoms with E-state index in [1.54, 1.807) is 0 Å². The molecule has 4 aliphatic carbocycles. The molecule has 10 unspecified atom stereocenters. The number of aromatic nitrogens is 1. The maximum absolute atomic E-state index is 2.79. The molecular weight excluding hydrogens is 665 g/mol. The van der Waals surface area contributed by atoms with Crippen LogP contribution in [0.5, 0.6) is 0 Å². The first-order valence-corrected chi connectivity index (χ1v) is 21.8. The number of nitrogens with zero attached hydrogens (tertiary/aromatic N) is 2. The van der Waals surface area contributed by atoms with Gasteiger partial charge >= 0.3 is 0 Å². The van der Waals surface area contributed by atoms with Crippen LogP contribution in [0.25, 0.3) is 27.4 Å². The van der Waals surface area contributed by atoms with Crippen LogP contribution >= 0.6 is 0 Å². The van der Waals surface area contributed by atoms with Crippen molar-refractivity contribution in [2.45, 2.75) is 91.6 Å². The van der Waals surface area contributed by atoms with Crippen molar-refractivity contribution in [3.8, 4) is 0 Å². The predicted octanol–water partition coefficient (Wildman–Crippen LogP) is 14.5. The van der Waals surface area contributed by atoms with Crippen LogP contribution in [0.4, 0.5) is 11.4 Å². The van der Waals surface area contributed by atoms with E-state index in [9.17, 15) is 0 Å². The molecule has 0 aliphatic heterocycles. The Labute approximate surface area is 331 Å². The van der Waals surface area contributed by atoms with E-state index < -0.39 is 0 Å². The van der Waals surface area contributed by atoms with Gasteiger partial charge in [0.15, 0.2) is 0 Å². The van der Waals surface area contributed by atoms with Crippen LogP contribution in [-0.2, 0) is 0 Å². The molecule has 2 heteroatoms. The smallest absolute Gasteiger partial charge is 0.0560 e. The highest BCUT2D eigenvalue weighted by Crippen LogP contribution is 2.53. The van der Waals surface area contributed by atoms with Crippen LogP contribution in [0, 0.1) is 53.3 Å². The van der Waals surface area contributed by atoms with Gasteiger partial charge in [-0.05, 0) is 140 Å². The van der Waals surface area contributed by atoms with Crippen molar-refractivity contribution in [1.82, 2.24) is 4.57 Å². The van der Waals surface area contributed by atoms with Gasteiger partial charge in [0, 0.05) is 33.7 Å². The zero-order valence-corrected chi connectivity index (χ0v) is 33.9. The summed E-state index contributed by atoms with van der Waals surface area (Å²) in [5.74, 6) is 7.13. The average molecular weight is 727 g/mol. The van der Waals surface area contributed by atoms with Gasteiger partial charge in [0.05, 0.1) is 11.6 Å². The van der Waals surface area contributed by atoms with Crippen LogP contribution in [-0.4, -0.2) is 10.6 Å². The second-order valence-electron chi connectivity index (χ2n) is 18.3. The summed E-state index contributed by atoms with van der Waals surface area (Å²) in [4.78, 5) is 2.57. The zero-order valence-electron chi connectivity index (χ0n) is 33.9. The molecule has 1 heterocycles. The topological polar surface area (TPSA) is 8.17 Å². The molecule has 1 aromatic heterocycles. The Bertz CT molecular complexity index is 2190. The number of para-hydroxylation sites is 2. The van der Waals surface area contributed by atoms with E-state index in [-0.39, 0.29) is 6.04 Å². The summed E-state index contributed by atoms with van der Waals surface area (Å²) < 4.78 is 2.79. The van der Waals surface area contributed by atoms with Gasteiger partial charge < -0.3 is 9.47 Å². The Balaban J connectivity index is 1.02. The van der Waals surface area contributed by atoms with Crippen LogP contribution in [0.3, 0.4) is 0 Å². The predicted molar refractivity (Wildman–Crippen MR) is 236 cm³/mol. The molecule has 0 amide bonds. The van der Waals surface area contributed by atoms with E-state index in [2.05, 4.69) is 178 Å². The number of anilines is 2. The highest BCUT2D eigenvalue weighted by atomic mass is 15.2. The highest BCUT2D eigenvalue weighted by molar-refractivity contribution is 6.09. The van der Waals surface area contributed by atoms with Gasteiger partial charge in [-0.2, -0.15) is 0 Å². The van der Waals surface area contributed by atoms with E-state index in [0.29, 0.717) is 17.9 Å². The van der Waals surface area contributed by atoms with Crippen molar-refractivity contribution in [3.05, 3.63) is 139 Å². The fourth-order valence-corrected chi connectivity index (χ4v) is 12.1. The number of hydrogen-bond donors (Lipinski definition) is 0. The van der Waals surface area contributed by atoms with Crippen molar-refractivity contribution in [3.63, 3.8) is 0 Å². The molecule has 2 fully saturated rings. The van der Waals surface area contributed by atoms with Crippen molar-refractivity contribution >= 4 is 38.8 Å². The minimum atomic E-state index is 0.234. The average Bonchev–Trinajstić information content (AvgIpc) is 3.55. The van der Waals surface area contributed by atoms with Crippen LogP contribution in [0.2, 0.25) is 0 Å². The Kier molecular flexibility index (Phi) is 10.1. The molecule has 9 rings (SSSR count). The largest absolute Gasteiger partial charge is 0.337 e. The van der Waals surface area contributed by atoms with Gasteiger partial charge in [0.1, 0.15) is 0 Å². The standard InChI is InChI=1S/C53H62N2/c1-35-15-14-21-47(37(35)3)42-25-29-46(36(2)33-42)48-31-32-51(39(5)38(48)4)55-52-22-13-12-20-49(52)50-30-28-45(34-53(50)55)54(43-18-10-7-11-19-43)44-26-23-41(24-27-44)40-16-8-6-9-17-40/h6-14,16-24,26,28,30,34-39,42,44,46-48,51H,15,25,27,29,31-33H2,1-5H3/t35?,36?,37?,38-,39?,42?,44?,46?,47?,48?,51?/m0/s1. The quantitative estimate of drug-likeness (QED) is 0.152. The Morgan fingerprint density at radius 3 is 2.07 bits per heavy atom. The van der Waals surface area contributed by atoms with Gasteiger partial charge in [0.2, 0.25) is 0 Å². The van der Waals surface area contributed by atoms with Crippen LogP contribution in [0.1, 0.15) is 91.2 Å². The fourth-order valence-electron chi connectivity index (χ4n) is 12.1. The monoisotopic (exact) mass is 726 g/mol. The Morgan fingerprint density at radius 2 is 1.31 bits per heavy atom. The number of benzene rings is 4. The summed E-state index contributed by atoms with van der Waals surface area (Å²) in [6.45, 7) is 12.8. The minimum Gasteiger partial charge on any atom is -0.337 e. The van der Waals surface area contributed by atoms with E-state index in [4.69, 9.17) is 0 Å². The third kappa shape index (κ3) is 6.72. The van der Waals surface area contributed by atoms with Gasteiger partial charge in [-0.3, -0.25) is 0 Å². The summed E-state index contributed by atoms with van der Waals surface area (Å²) in [6.07, 6.45) is 21.4. The molecule has 4 aliphatic rings. The lowest BCUT2D eigenvalue weighted by atomic mass is 9.57. The molecule has 0 saturated heterocycles. The Hall–Kier alpha value is -4.30. The molecule has 4 aromatic carbocycles. The van der Waals surface area contributed by atoms with Gasteiger partial charge in [0.25, 0.3) is 0 Å². The summed E-state index contributed by atoms with van der Waals surface area (Å²) in [5.41, 5.74) is 7.90. The van der Waals surface area contributed by atoms with Crippen molar-refractivity contribution in [2.75, 3.05) is 4.90 Å². The lowest BCUT2D eigenvalue weighted by Crippen LogP contribution is -2.41. The van der Waals surface area contributed by atoms with Gasteiger partial charge in [-0.15, -0.1) is 0 Å². The van der Waals surface area contributed by atoms with Crippen molar-refractivity contribution in [2.24, 2.45) is 53.3 Å². The summed E-state index contributed by atoms with van der Waals surface area (Å²) in [6, 6.07) is 39.1. The molecule has 11 atom stereocenters. The fraction of sp³-hybridized carbons (Fsp3) is 0.434.